The Bertz CT molecular complexity index is 431. The average molecular weight is 270 g/mol. The van der Waals surface area contributed by atoms with Gasteiger partial charge in [-0.2, -0.15) is 0 Å². The van der Waals surface area contributed by atoms with E-state index in [1.165, 1.54) is 38.7 Å². The Morgan fingerprint density at radius 1 is 1.28 bits per heavy atom. The van der Waals surface area contributed by atoms with Gasteiger partial charge in [-0.05, 0) is 17.5 Å². The lowest BCUT2D eigenvalue weighted by atomic mass is 10.1. The van der Waals surface area contributed by atoms with Crippen LogP contribution in [0.5, 0.6) is 0 Å². The summed E-state index contributed by atoms with van der Waals surface area (Å²) in [6, 6.07) is 3.61. The first-order valence-corrected chi connectivity index (χ1v) is 5.95. The molecular formula is C12H14O5S. The SMILES string of the molecule is COC(=O)/C(=C/c1cccs1)C(=O)C(OC)OC. The van der Waals surface area contributed by atoms with Crippen LogP contribution >= 0.6 is 11.3 Å². The standard InChI is InChI=1S/C12H14O5S/c1-15-11(14)9(7-8-5-4-6-18-8)10(13)12(16-2)17-3/h4-7,12H,1-3H3/b9-7+. The Balaban J connectivity index is 3.06. The molecule has 1 heterocycles. The van der Waals surface area contributed by atoms with Crippen molar-refractivity contribution >= 4 is 29.2 Å². The highest BCUT2D eigenvalue weighted by Crippen LogP contribution is 2.16. The highest BCUT2D eigenvalue weighted by atomic mass is 32.1. The lowest BCUT2D eigenvalue weighted by Crippen LogP contribution is -2.29. The number of esters is 1. The highest BCUT2D eigenvalue weighted by molar-refractivity contribution is 7.10. The molecule has 18 heavy (non-hydrogen) atoms. The molecule has 0 saturated carbocycles. The molecular weight excluding hydrogens is 256 g/mol. The number of carbonyl (C=O) groups is 2. The minimum absolute atomic E-state index is 0.103. The number of Topliss-reactive ketones (excluding diaryl/α,β-unsaturated/α-hetero) is 1. The highest BCUT2D eigenvalue weighted by Gasteiger charge is 2.27. The maximum Gasteiger partial charge on any atom is 0.341 e. The van der Waals surface area contributed by atoms with E-state index in [9.17, 15) is 9.59 Å². The summed E-state index contributed by atoms with van der Waals surface area (Å²) in [7, 11) is 3.87. The second-order valence-electron chi connectivity index (χ2n) is 3.23. The molecule has 1 aromatic heterocycles. The van der Waals surface area contributed by atoms with Gasteiger partial charge in [-0.15, -0.1) is 11.3 Å². The third-order valence-electron chi connectivity index (χ3n) is 2.14. The molecule has 1 aromatic rings. The van der Waals surface area contributed by atoms with Gasteiger partial charge < -0.3 is 14.2 Å². The van der Waals surface area contributed by atoms with Gasteiger partial charge in [-0.1, -0.05) is 6.07 Å². The van der Waals surface area contributed by atoms with E-state index < -0.39 is 18.0 Å². The van der Waals surface area contributed by atoms with Crippen LogP contribution in [0.3, 0.4) is 0 Å². The van der Waals surface area contributed by atoms with Crippen LogP contribution in [0.15, 0.2) is 23.1 Å². The van der Waals surface area contributed by atoms with Crippen molar-refractivity contribution in [1.82, 2.24) is 0 Å². The van der Waals surface area contributed by atoms with E-state index in [4.69, 9.17) is 9.47 Å². The molecule has 0 spiro atoms. The van der Waals surface area contributed by atoms with Gasteiger partial charge in [0.25, 0.3) is 0 Å². The molecule has 1 rings (SSSR count). The van der Waals surface area contributed by atoms with Crippen molar-refractivity contribution in [2.24, 2.45) is 0 Å². The maximum atomic E-state index is 12.0. The molecule has 0 atom stereocenters. The molecule has 0 aromatic carbocycles. The van der Waals surface area contributed by atoms with Gasteiger partial charge in [0.1, 0.15) is 5.57 Å². The van der Waals surface area contributed by atoms with Gasteiger partial charge in [0.2, 0.25) is 12.1 Å². The predicted molar refractivity (Wildman–Crippen MR) is 67.1 cm³/mol. The first kappa shape index (κ1) is 14.6. The quantitative estimate of drug-likeness (QED) is 0.258. The van der Waals surface area contributed by atoms with Gasteiger partial charge >= 0.3 is 5.97 Å². The van der Waals surface area contributed by atoms with E-state index in [-0.39, 0.29) is 5.57 Å². The lowest BCUT2D eigenvalue weighted by Gasteiger charge is -2.12. The topological polar surface area (TPSA) is 61.8 Å². The molecule has 98 valence electrons. The van der Waals surface area contributed by atoms with Crippen molar-refractivity contribution in [3.05, 3.63) is 28.0 Å². The van der Waals surface area contributed by atoms with Crippen LogP contribution in [0.2, 0.25) is 0 Å². The maximum absolute atomic E-state index is 12.0. The minimum atomic E-state index is -1.12. The summed E-state index contributed by atoms with van der Waals surface area (Å²) < 4.78 is 14.3. The number of methoxy groups -OCH3 is 3. The van der Waals surface area contributed by atoms with Crippen molar-refractivity contribution in [3.8, 4) is 0 Å². The first-order chi connectivity index (χ1) is 8.63. The number of thiophene rings is 1. The monoisotopic (exact) mass is 270 g/mol. The summed E-state index contributed by atoms with van der Waals surface area (Å²) in [5.41, 5.74) is -0.103. The summed E-state index contributed by atoms with van der Waals surface area (Å²) in [5.74, 6) is -1.28. The first-order valence-electron chi connectivity index (χ1n) is 5.07. The molecule has 0 aliphatic heterocycles. The molecule has 0 fully saturated rings. The van der Waals surface area contributed by atoms with E-state index in [1.807, 2.05) is 11.4 Å². The lowest BCUT2D eigenvalue weighted by molar-refractivity contribution is -0.155. The van der Waals surface area contributed by atoms with Crippen molar-refractivity contribution in [1.29, 1.82) is 0 Å². The molecule has 5 nitrogen and oxygen atoms in total. The van der Waals surface area contributed by atoms with Gasteiger partial charge in [0.05, 0.1) is 7.11 Å². The fraction of sp³-hybridized carbons (Fsp3) is 0.333. The minimum Gasteiger partial charge on any atom is -0.465 e. The zero-order chi connectivity index (χ0) is 13.5. The Morgan fingerprint density at radius 3 is 2.39 bits per heavy atom. The van der Waals surface area contributed by atoms with E-state index in [1.54, 1.807) is 6.07 Å². The Morgan fingerprint density at radius 2 is 1.94 bits per heavy atom. The molecule has 0 aliphatic rings. The number of ether oxygens (including phenoxy) is 3. The van der Waals surface area contributed by atoms with E-state index in [2.05, 4.69) is 4.74 Å². The Kier molecular flexibility index (Phi) is 5.70. The fourth-order valence-electron chi connectivity index (χ4n) is 1.29. The van der Waals surface area contributed by atoms with Crippen LogP contribution in [-0.2, 0) is 23.8 Å². The average Bonchev–Trinajstić information content (AvgIpc) is 2.89. The van der Waals surface area contributed by atoms with Crippen molar-refractivity contribution in [2.75, 3.05) is 21.3 Å². The Hall–Kier alpha value is -1.50. The summed E-state index contributed by atoms with van der Waals surface area (Å²) in [6.45, 7) is 0. The van der Waals surface area contributed by atoms with Gasteiger partial charge in [-0.25, -0.2) is 4.79 Å². The molecule has 6 heteroatoms. The van der Waals surface area contributed by atoms with E-state index >= 15 is 0 Å². The van der Waals surface area contributed by atoms with E-state index in [0.717, 1.165) is 4.88 Å². The third-order valence-corrected chi connectivity index (χ3v) is 2.96. The second-order valence-corrected chi connectivity index (χ2v) is 4.21. The number of carbonyl (C=O) groups excluding carboxylic acids is 2. The summed E-state index contributed by atoms with van der Waals surface area (Å²) in [4.78, 5) is 24.4. The number of hydrogen-bond donors (Lipinski definition) is 0. The number of rotatable bonds is 6. The van der Waals surface area contributed by atoms with Crippen molar-refractivity contribution < 1.29 is 23.8 Å². The van der Waals surface area contributed by atoms with Crippen molar-refractivity contribution in [2.45, 2.75) is 6.29 Å². The Labute approximate surface area is 109 Å². The third kappa shape index (κ3) is 3.49. The van der Waals surface area contributed by atoms with E-state index in [0.29, 0.717) is 0 Å². The number of ketones is 1. The van der Waals surface area contributed by atoms with Gasteiger partial charge in [0.15, 0.2) is 0 Å². The summed E-state index contributed by atoms with van der Waals surface area (Å²) in [5, 5.41) is 1.84. The number of hydrogen-bond acceptors (Lipinski definition) is 6. The smallest absolute Gasteiger partial charge is 0.341 e. The van der Waals surface area contributed by atoms with Gasteiger partial charge in [-0.3, -0.25) is 4.79 Å². The van der Waals surface area contributed by atoms with Crippen molar-refractivity contribution in [3.63, 3.8) is 0 Å². The molecule has 0 aliphatic carbocycles. The molecule has 0 amide bonds. The van der Waals surface area contributed by atoms with Crippen LogP contribution in [0.4, 0.5) is 0 Å². The van der Waals surface area contributed by atoms with Crippen LogP contribution in [0.1, 0.15) is 4.88 Å². The van der Waals surface area contributed by atoms with Crippen LogP contribution < -0.4 is 0 Å². The second kappa shape index (κ2) is 7.05. The molecule has 0 radical (unpaired) electrons. The predicted octanol–water partition coefficient (Wildman–Crippen LogP) is 1.49. The molecule has 0 saturated heterocycles. The van der Waals surface area contributed by atoms with Crippen LogP contribution in [-0.4, -0.2) is 39.4 Å². The summed E-state index contributed by atoms with van der Waals surface area (Å²) in [6.07, 6.45) is 0.347. The molecule has 0 N–H and O–H groups in total. The normalized spacial score (nSPS) is 11.7. The molecule has 0 bridgehead atoms. The van der Waals surface area contributed by atoms with Gasteiger partial charge in [0, 0.05) is 19.1 Å². The zero-order valence-corrected chi connectivity index (χ0v) is 11.2. The molecule has 0 unspecified atom stereocenters. The van der Waals surface area contributed by atoms with Crippen LogP contribution in [0.25, 0.3) is 6.08 Å². The summed E-state index contributed by atoms with van der Waals surface area (Å²) >= 11 is 1.41. The fourth-order valence-corrected chi connectivity index (χ4v) is 1.95. The van der Waals surface area contributed by atoms with Crippen LogP contribution in [0, 0.1) is 0 Å². The largest absolute Gasteiger partial charge is 0.465 e. The zero-order valence-electron chi connectivity index (χ0n) is 10.3.